The zero-order chi connectivity index (χ0) is 12.7. The van der Waals surface area contributed by atoms with E-state index >= 15 is 0 Å². The second kappa shape index (κ2) is 7.80. The van der Waals surface area contributed by atoms with Gasteiger partial charge in [0.2, 0.25) is 0 Å². The Morgan fingerprint density at radius 3 is 2.53 bits per heavy atom. The largest absolute Gasteiger partial charge is 0.378 e. The molecular weight excluding hydrogens is 232 g/mol. The van der Waals surface area contributed by atoms with Crippen LogP contribution in [0.3, 0.4) is 0 Å². The van der Waals surface area contributed by atoms with Crippen molar-refractivity contribution in [2.24, 2.45) is 0 Å². The lowest BCUT2D eigenvalue weighted by atomic mass is 10.1. The van der Waals surface area contributed by atoms with Crippen LogP contribution in [0.15, 0.2) is 0 Å². The van der Waals surface area contributed by atoms with E-state index in [1.54, 1.807) is 7.11 Å². The molecule has 0 aromatic carbocycles. The molecule has 3 nitrogen and oxygen atoms in total. The Labute approximate surface area is 109 Å². The maximum atomic E-state index is 5.23. The Kier molecular flexibility index (Phi) is 6.70. The van der Waals surface area contributed by atoms with Gasteiger partial charge in [-0.2, -0.15) is 0 Å². The summed E-state index contributed by atoms with van der Waals surface area (Å²) < 4.78 is 5.23. The molecule has 0 radical (unpaired) electrons. The zero-order valence-corrected chi connectivity index (χ0v) is 12.2. The molecule has 0 aliphatic heterocycles. The minimum Gasteiger partial charge on any atom is -0.378 e. The van der Waals surface area contributed by atoms with Gasteiger partial charge in [0.15, 0.2) is 0 Å². The van der Waals surface area contributed by atoms with Gasteiger partial charge in [-0.3, -0.25) is 0 Å². The van der Waals surface area contributed by atoms with Crippen LogP contribution in [-0.4, -0.2) is 18.6 Å². The van der Waals surface area contributed by atoms with E-state index in [1.165, 1.54) is 9.88 Å². The summed E-state index contributed by atoms with van der Waals surface area (Å²) >= 11 is 1.84. The van der Waals surface area contributed by atoms with Crippen LogP contribution in [-0.2, 0) is 17.9 Å². The van der Waals surface area contributed by atoms with Gasteiger partial charge in [-0.05, 0) is 19.4 Å². The van der Waals surface area contributed by atoms with Gasteiger partial charge in [0.05, 0.1) is 17.3 Å². The highest BCUT2D eigenvalue weighted by atomic mass is 32.1. The highest BCUT2D eigenvalue weighted by Gasteiger charge is 2.16. The van der Waals surface area contributed by atoms with Crippen molar-refractivity contribution in [2.45, 2.75) is 52.7 Å². The Hall–Kier alpha value is -0.450. The molecule has 0 bridgehead atoms. The molecule has 1 N–H and O–H groups in total. The number of hydrogen-bond acceptors (Lipinski definition) is 4. The average molecular weight is 256 g/mol. The Morgan fingerprint density at radius 1 is 1.29 bits per heavy atom. The number of aromatic nitrogens is 1. The van der Waals surface area contributed by atoms with Gasteiger partial charge in [0.1, 0.15) is 0 Å². The molecule has 17 heavy (non-hydrogen) atoms. The monoisotopic (exact) mass is 256 g/mol. The summed E-state index contributed by atoms with van der Waals surface area (Å²) in [4.78, 5) is 6.08. The summed E-state index contributed by atoms with van der Waals surface area (Å²) in [6.07, 6.45) is 2.33. The zero-order valence-electron chi connectivity index (χ0n) is 11.4. The predicted octanol–water partition coefficient (Wildman–Crippen LogP) is 3.30. The van der Waals surface area contributed by atoms with Crippen LogP contribution < -0.4 is 5.32 Å². The summed E-state index contributed by atoms with van der Waals surface area (Å²) in [7, 11) is 1.73. The number of nitrogens with zero attached hydrogens (tertiary/aromatic N) is 1. The van der Waals surface area contributed by atoms with Gasteiger partial charge in [-0.1, -0.05) is 20.8 Å². The van der Waals surface area contributed by atoms with E-state index in [0.29, 0.717) is 12.5 Å². The molecule has 0 fully saturated rings. The van der Waals surface area contributed by atoms with Crippen molar-refractivity contribution in [3.63, 3.8) is 0 Å². The quantitative estimate of drug-likeness (QED) is 0.775. The van der Waals surface area contributed by atoms with Gasteiger partial charge < -0.3 is 10.1 Å². The third kappa shape index (κ3) is 4.05. The van der Waals surface area contributed by atoms with Crippen molar-refractivity contribution in [3.8, 4) is 0 Å². The van der Waals surface area contributed by atoms with E-state index < -0.39 is 0 Å². The van der Waals surface area contributed by atoms with E-state index in [0.717, 1.165) is 31.6 Å². The van der Waals surface area contributed by atoms with E-state index in [2.05, 4.69) is 26.1 Å². The van der Waals surface area contributed by atoms with Gasteiger partial charge in [-0.15, -0.1) is 11.3 Å². The SMILES string of the molecule is CCNCc1sc(C(CC)CC)nc1COC. The fourth-order valence-electron chi connectivity index (χ4n) is 1.84. The Bertz CT molecular complexity index is 321. The molecular formula is C13H24N2OS. The normalized spacial score (nSPS) is 11.4. The van der Waals surface area contributed by atoms with E-state index in [-0.39, 0.29) is 0 Å². The van der Waals surface area contributed by atoms with Crippen LogP contribution in [0.1, 0.15) is 55.1 Å². The topological polar surface area (TPSA) is 34.2 Å². The fraction of sp³-hybridized carbons (Fsp3) is 0.769. The number of ether oxygens (including phenoxy) is 1. The second-order valence-electron chi connectivity index (χ2n) is 4.15. The highest BCUT2D eigenvalue weighted by molar-refractivity contribution is 7.11. The smallest absolute Gasteiger partial charge is 0.0963 e. The van der Waals surface area contributed by atoms with Gasteiger partial charge in [-0.25, -0.2) is 4.98 Å². The molecule has 1 aromatic heterocycles. The van der Waals surface area contributed by atoms with Crippen molar-refractivity contribution in [2.75, 3.05) is 13.7 Å². The molecule has 0 unspecified atom stereocenters. The minimum atomic E-state index is 0.603. The predicted molar refractivity (Wildman–Crippen MR) is 73.5 cm³/mol. The molecule has 0 spiro atoms. The first kappa shape index (κ1) is 14.6. The second-order valence-corrected chi connectivity index (χ2v) is 5.26. The molecule has 1 aromatic rings. The molecule has 0 aliphatic rings. The fourth-order valence-corrected chi connectivity index (χ4v) is 3.15. The van der Waals surface area contributed by atoms with Crippen molar-refractivity contribution in [3.05, 3.63) is 15.6 Å². The molecule has 0 saturated heterocycles. The molecule has 0 atom stereocenters. The van der Waals surface area contributed by atoms with E-state index in [9.17, 15) is 0 Å². The third-order valence-electron chi connectivity index (χ3n) is 2.95. The summed E-state index contributed by atoms with van der Waals surface area (Å²) in [5.41, 5.74) is 1.11. The van der Waals surface area contributed by atoms with Crippen molar-refractivity contribution in [1.29, 1.82) is 0 Å². The van der Waals surface area contributed by atoms with Crippen molar-refractivity contribution < 1.29 is 4.74 Å². The highest BCUT2D eigenvalue weighted by Crippen LogP contribution is 2.29. The summed E-state index contributed by atoms with van der Waals surface area (Å²) in [5.74, 6) is 0.603. The lowest BCUT2D eigenvalue weighted by Gasteiger charge is -2.07. The molecule has 0 aliphatic carbocycles. The molecule has 98 valence electrons. The number of thiazole rings is 1. The molecule has 4 heteroatoms. The first-order chi connectivity index (χ1) is 8.26. The molecule has 0 saturated carbocycles. The van der Waals surface area contributed by atoms with Gasteiger partial charge >= 0.3 is 0 Å². The average Bonchev–Trinajstić information content (AvgIpc) is 2.72. The number of nitrogens with one attached hydrogen (secondary N) is 1. The van der Waals surface area contributed by atoms with Crippen LogP contribution >= 0.6 is 11.3 Å². The Balaban J connectivity index is 2.85. The molecule has 1 rings (SSSR count). The minimum absolute atomic E-state index is 0.603. The first-order valence-corrected chi connectivity index (χ1v) is 7.26. The van der Waals surface area contributed by atoms with Gasteiger partial charge in [0.25, 0.3) is 0 Å². The maximum absolute atomic E-state index is 5.23. The first-order valence-electron chi connectivity index (χ1n) is 6.44. The molecule has 1 heterocycles. The van der Waals surface area contributed by atoms with Gasteiger partial charge in [0, 0.05) is 24.4 Å². The molecule has 0 amide bonds. The number of methoxy groups -OCH3 is 1. The van der Waals surface area contributed by atoms with Crippen LogP contribution in [0.4, 0.5) is 0 Å². The lowest BCUT2D eigenvalue weighted by Crippen LogP contribution is -2.12. The summed E-state index contributed by atoms with van der Waals surface area (Å²) in [6.45, 7) is 9.11. The van der Waals surface area contributed by atoms with Crippen molar-refractivity contribution >= 4 is 11.3 Å². The van der Waals surface area contributed by atoms with E-state index in [1.807, 2.05) is 11.3 Å². The summed E-state index contributed by atoms with van der Waals surface area (Å²) in [5, 5.41) is 4.64. The number of rotatable bonds is 8. The third-order valence-corrected chi connectivity index (χ3v) is 4.21. The van der Waals surface area contributed by atoms with Crippen LogP contribution in [0.25, 0.3) is 0 Å². The standard InChI is InChI=1S/C13H24N2OS/c1-5-10(6-2)13-15-11(9-16-4)12(17-13)8-14-7-3/h10,14H,5-9H2,1-4H3. The van der Waals surface area contributed by atoms with Crippen molar-refractivity contribution in [1.82, 2.24) is 10.3 Å². The maximum Gasteiger partial charge on any atom is 0.0963 e. The number of hydrogen-bond donors (Lipinski definition) is 1. The summed E-state index contributed by atoms with van der Waals surface area (Å²) in [6, 6.07) is 0. The lowest BCUT2D eigenvalue weighted by molar-refractivity contribution is 0.181. The van der Waals surface area contributed by atoms with E-state index in [4.69, 9.17) is 9.72 Å². The Morgan fingerprint density at radius 2 is 2.00 bits per heavy atom. The van der Waals surface area contributed by atoms with Crippen LogP contribution in [0, 0.1) is 0 Å². The van der Waals surface area contributed by atoms with Crippen LogP contribution in [0.5, 0.6) is 0 Å². The van der Waals surface area contributed by atoms with Crippen LogP contribution in [0.2, 0.25) is 0 Å².